The Morgan fingerprint density at radius 3 is 3.00 bits per heavy atom. The molecule has 0 fully saturated rings. The molecule has 0 bridgehead atoms. The maximum absolute atomic E-state index is 13.1. The zero-order chi connectivity index (χ0) is 10.3. The van der Waals surface area contributed by atoms with Crippen molar-refractivity contribution in [3.8, 4) is 0 Å². The minimum atomic E-state index is -2.89. The van der Waals surface area contributed by atoms with E-state index in [1.165, 1.54) is 16.8 Å². The number of rotatable bonds is 0. The van der Waals surface area contributed by atoms with Gasteiger partial charge in [-0.25, -0.2) is 8.78 Å². The van der Waals surface area contributed by atoms with Gasteiger partial charge in [-0.1, -0.05) is 0 Å². The van der Waals surface area contributed by atoms with Crippen molar-refractivity contribution in [3.63, 3.8) is 0 Å². The van der Waals surface area contributed by atoms with Crippen molar-refractivity contribution in [1.82, 2.24) is 9.88 Å². The molecule has 14 heavy (non-hydrogen) atoms. The zero-order valence-electron chi connectivity index (χ0n) is 7.06. The number of carbonyl (C=O) groups excluding carboxylic acids is 1. The van der Waals surface area contributed by atoms with E-state index in [1.807, 2.05) is 0 Å². The predicted octanol–water partition coefficient (Wildman–Crippen LogP) is 1.63. The number of alkyl halides is 2. The van der Waals surface area contributed by atoms with E-state index in [2.05, 4.69) is 21.2 Å². The number of aromatic nitrogens is 1. The first kappa shape index (κ1) is 9.64. The quantitative estimate of drug-likeness (QED) is 0.760. The molecule has 2 heterocycles. The molecule has 1 aliphatic rings. The summed E-state index contributed by atoms with van der Waals surface area (Å²) in [6.45, 7) is -1.07. The van der Waals surface area contributed by atoms with E-state index in [1.54, 1.807) is 0 Å². The van der Waals surface area contributed by atoms with Gasteiger partial charge in [-0.15, -0.1) is 0 Å². The summed E-state index contributed by atoms with van der Waals surface area (Å²) in [4.78, 5) is 11.3. The van der Waals surface area contributed by atoms with Crippen molar-refractivity contribution in [2.24, 2.45) is 0 Å². The predicted molar refractivity (Wildman–Crippen MR) is 49.4 cm³/mol. The fourth-order valence-corrected chi connectivity index (χ4v) is 1.87. The van der Waals surface area contributed by atoms with Gasteiger partial charge in [0.05, 0.1) is 13.1 Å². The van der Waals surface area contributed by atoms with Crippen LogP contribution in [0.15, 0.2) is 16.7 Å². The highest BCUT2D eigenvalue weighted by molar-refractivity contribution is 9.10. The Morgan fingerprint density at radius 1 is 1.57 bits per heavy atom. The van der Waals surface area contributed by atoms with Gasteiger partial charge in [-0.3, -0.25) is 4.79 Å². The first-order valence-corrected chi connectivity index (χ1v) is 4.79. The second-order valence-corrected chi connectivity index (χ2v) is 4.13. The SMILES string of the molecule is O=C1NCC(F)(F)Cn2cc(Br)cc21. The molecule has 0 unspecified atom stereocenters. The maximum atomic E-state index is 13.1. The number of nitrogens with one attached hydrogen (secondary N) is 1. The van der Waals surface area contributed by atoms with Crippen molar-refractivity contribution in [3.05, 3.63) is 22.4 Å². The van der Waals surface area contributed by atoms with Gasteiger partial charge < -0.3 is 9.88 Å². The van der Waals surface area contributed by atoms with Crippen LogP contribution in [0.3, 0.4) is 0 Å². The number of nitrogens with zero attached hydrogens (tertiary/aromatic N) is 1. The van der Waals surface area contributed by atoms with E-state index in [0.717, 1.165) is 0 Å². The van der Waals surface area contributed by atoms with Crippen LogP contribution in [0.5, 0.6) is 0 Å². The Morgan fingerprint density at radius 2 is 2.29 bits per heavy atom. The van der Waals surface area contributed by atoms with Crippen molar-refractivity contribution in [1.29, 1.82) is 0 Å². The van der Waals surface area contributed by atoms with Gasteiger partial charge in [0.15, 0.2) is 0 Å². The summed E-state index contributed by atoms with van der Waals surface area (Å²) >= 11 is 3.14. The van der Waals surface area contributed by atoms with Gasteiger partial charge >= 0.3 is 0 Å². The maximum Gasteiger partial charge on any atom is 0.282 e. The Balaban J connectivity index is 2.45. The molecule has 1 amide bonds. The zero-order valence-corrected chi connectivity index (χ0v) is 8.64. The summed E-state index contributed by atoms with van der Waals surface area (Å²) in [7, 11) is 0. The molecule has 0 saturated heterocycles. The Kier molecular flexibility index (Phi) is 2.10. The van der Waals surface area contributed by atoms with Crippen molar-refractivity contribution >= 4 is 21.8 Å². The van der Waals surface area contributed by atoms with Crippen LogP contribution < -0.4 is 5.32 Å². The monoisotopic (exact) mass is 264 g/mol. The van der Waals surface area contributed by atoms with Crippen LogP contribution in [-0.4, -0.2) is 22.9 Å². The Hall–Kier alpha value is -0.910. The lowest BCUT2D eigenvalue weighted by Crippen LogP contribution is -2.35. The summed E-state index contributed by atoms with van der Waals surface area (Å²) in [5.74, 6) is -3.35. The molecule has 1 aromatic heterocycles. The van der Waals surface area contributed by atoms with Crippen LogP contribution in [0.25, 0.3) is 0 Å². The van der Waals surface area contributed by atoms with E-state index in [9.17, 15) is 13.6 Å². The summed E-state index contributed by atoms with van der Waals surface area (Å²) in [6.07, 6.45) is 1.48. The fourth-order valence-electron chi connectivity index (χ4n) is 1.40. The Labute approximate surface area is 87.2 Å². The summed E-state index contributed by atoms with van der Waals surface area (Å²) in [5, 5.41) is 2.17. The van der Waals surface area contributed by atoms with E-state index in [4.69, 9.17) is 0 Å². The van der Waals surface area contributed by atoms with Gasteiger partial charge in [-0.05, 0) is 22.0 Å². The third-order valence-electron chi connectivity index (χ3n) is 2.01. The van der Waals surface area contributed by atoms with Gasteiger partial charge in [0.25, 0.3) is 11.8 Å². The highest BCUT2D eigenvalue weighted by Crippen LogP contribution is 2.23. The number of fused-ring (bicyclic) bond motifs is 1. The molecule has 76 valence electrons. The average molecular weight is 265 g/mol. The topological polar surface area (TPSA) is 34.0 Å². The molecule has 3 nitrogen and oxygen atoms in total. The molecule has 2 rings (SSSR count). The molecule has 0 aromatic carbocycles. The van der Waals surface area contributed by atoms with Crippen LogP contribution >= 0.6 is 15.9 Å². The van der Waals surface area contributed by atoms with E-state index >= 15 is 0 Å². The first-order chi connectivity index (χ1) is 6.48. The van der Waals surface area contributed by atoms with Gasteiger partial charge in [0.1, 0.15) is 5.69 Å². The molecular weight excluding hydrogens is 258 g/mol. The van der Waals surface area contributed by atoms with Gasteiger partial charge in [-0.2, -0.15) is 0 Å². The molecule has 1 aromatic rings. The fraction of sp³-hybridized carbons (Fsp3) is 0.375. The summed E-state index contributed by atoms with van der Waals surface area (Å²) in [5.41, 5.74) is 0.258. The molecule has 0 spiro atoms. The molecule has 0 atom stereocenters. The van der Waals surface area contributed by atoms with Crippen molar-refractivity contribution in [2.75, 3.05) is 6.54 Å². The van der Waals surface area contributed by atoms with Crippen LogP contribution in [0.4, 0.5) is 8.78 Å². The molecule has 0 saturated carbocycles. The molecule has 0 aliphatic carbocycles. The van der Waals surface area contributed by atoms with Crippen molar-refractivity contribution in [2.45, 2.75) is 12.5 Å². The molecule has 1 N–H and O–H groups in total. The lowest BCUT2D eigenvalue weighted by molar-refractivity contribution is -0.0102. The highest BCUT2D eigenvalue weighted by atomic mass is 79.9. The standard InChI is InChI=1S/C8H7BrF2N2O/c9-5-1-6-7(14)12-3-8(10,11)4-13(6)2-5/h1-2H,3-4H2,(H,12,14). The molecular formula is C8H7BrF2N2O. The minimum Gasteiger partial charge on any atom is -0.345 e. The third-order valence-corrected chi connectivity index (χ3v) is 2.44. The van der Waals surface area contributed by atoms with Crippen LogP contribution in [0, 0.1) is 0 Å². The minimum absolute atomic E-state index is 0.258. The van der Waals surface area contributed by atoms with E-state index in [0.29, 0.717) is 4.47 Å². The molecule has 6 heteroatoms. The van der Waals surface area contributed by atoms with Crippen LogP contribution in [0.2, 0.25) is 0 Å². The van der Waals surface area contributed by atoms with Gasteiger partial charge in [0, 0.05) is 10.7 Å². The Bertz CT molecular complexity index is 389. The lowest BCUT2D eigenvalue weighted by Gasteiger charge is -2.13. The molecule has 0 radical (unpaired) electrons. The van der Waals surface area contributed by atoms with E-state index < -0.39 is 24.9 Å². The number of hydrogen-bond acceptors (Lipinski definition) is 1. The van der Waals surface area contributed by atoms with Crippen LogP contribution in [-0.2, 0) is 6.54 Å². The van der Waals surface area contributed by atoms with Crippen LogP contribution in [0.1, 0.15) is 10.5 Å². The molecule has 1 aliphatic heterocycles. The largest absolute Gasteiger partial charge is 0.345 e. The first-order valence-electron chi connectivity index (χ1n) is 4.00. The van der Waals surface area contributed by atoms with E-state index in [-0.39, 0.29) is 5.69 Å². The number of hydrogen-bond donors (Lipinski definition) is 1. The summed E-state index contributed by atoms with van der Waals surface area (Å²) < 4.78 is 28.0. The normalized spacial score (nSPS) is 19.8. The van der Waals surface area contributed by atoms with Gasteiger partial charge in [0.2, 0.25) is 0 Å². The second kappa shape index (κ2) is 3.05. The average Bonchev–Trinajstić information content (AvgIpc) is 2.37. The number of halogens is 3. The second-order valence-electron chi connectivity index (χ2n) is 3.21. The summed E-state index contributed by atoms with van der Waals surface area (Å²) in [6, 6.07) is 1.52. The number of amides is 1. The lowest BCUT2D eigenvalue weighted by atomic mass is 10.3. The third kappa shape index (κ3) is 1.66. The van der Waals surface area contributed by atoms with Crippen molar-refractivity contribution < 1.29 is 13.6 Å². The smallest absolute Gasteiger partial charge is 0.282 e. The number of carbonyl (C=O) groups is 1. The highest BCUT2D eigenvalue weighted by Gasteiger charge is 2.34.